The first-order valence-corrected chi connectivity index (χ1v) is 9.07. The summed E-state index contributed by atoms with van der Waals surface area (Å²) in [6.07, 6.45) is 0. The van der Waals surface area contributed by atoms with Gasteiger partial charge in [-0.2, -0.15) is 0 Å². The number of ether oxygens (including phenoxy) is 1. The highest BCUT2D eigenvalue weighted by atomic mass is 32.2. The number of hydrogen-bond acceptors (Lipinski definition) is 3. The Morgan fingerprint density at radius 1 is 1.12 bits per heavy atom. The zero-order chi connectivity index (χ0) is 18.3. The third-order valence-corrected chi connectivity index (χ3v) is 4.44. The van der Waals surface area contributed by atoms with Crippen molar-refractivity contribution in [2.75, 3.05) is 13.2 Å². The van der Waals surface area contributed by atoms with Crippen LogP contribution in [0.5, 0.6) is 5.75 Å². The van der Waals surface area contributed by atoms with E-state index in [0.29, 0.717) is 11.6 Å². The monoisotopic (exact) mass is 365 g/mol. The van der Waals surface area contributed by atoms with E-state index in [9.17, 15) is 17.2 Å². The largest absolute Gasteiger partial charge is 0.478 e. The van der Waals surface area contributed by atoms with E-state index in [1.807, 2.05) is 13.0 Å². The van der Waals surface area contributed by atoms with Crippen LogP contribution >= 0.6 is 0 Å². The third kappa shape index (κ3) is 6.53. The van der Waals surface area contributed by atoms with Crippen LogP contribution in [0.2, 0.25) is 0 Å². The van der Waals surface area contributed by atoms with Crippen molar-refractivity contribution in [1.29, 1.82) is 0 Å². The summed E-state index contributed by atoms with van der Waals surface area (Å²) in [6.45, 7) is 1.67. The maximum atomic E-state index is 13.3. The van der Waals surface area contributed by atoms with Crippen molar-refractivity contribution in [2.45, 2.75) is 12.7 Å². The second kappa shape index (κ2) is 8.60. The van der Waals surface area contributed by atoms with Gasteiger partial charge in [-0.1, -0.05) is 41.7 Å². The van der Waals surface area contributed by atoms with Crippen LogP contribution in [0.1, 0.15) is 11.1 Å². The quantitative estimate of drug-likeness (QED) is 0.801. The Balaban J connectivity index is 1.79. The molecular weight excluding hydrogens is 348 g/mol. The topological polar surface area (TPSA) is 55.4 Å². The summed E-state index contributed by atoms with van der Waals surface area (Å²) < 4.78 is 57.3. The summed E-state index contributed by atoms with van der Waals surface area (Å²) in [7, 11) is -3.50. The molecular formula is C18H17F2NO3S. The molecule has 0 heterocycles. The summed E-state index contributed by atoms with van der Waals surface area (Å²) in [5.41, 5.74) is 1.67. The van der Waals surface area contributed by atoms with Gasteiger partial charge in [-0.3, -0.25) is 0 Å². The van der Waals surface area contributed by atoms with E-state index in [-0.39, 0.29) is 24.7 Å². The molecule has 0 saturated carbocycles. The van der Waals surface area contributed by atoms with Gasteiger partial charge in [-0.25, -0.2) is 21.9 Å². The minimum Gasteiger partial charge on any atom is -0.478 e. The Hall–Kier alpha value is -2.43. The van der Waals surface area contributed by atoms with Crippen molar-refractivity contribution in [1.82, 2.24) is 4.72 Å². The van der Waals surface area contributed by atoms with Crippen LogP contribution in [0.4, 0.5) is 8.78 Å². The highest BCUT2D eigenvalue weighted by Gasteiger charge is 2.10. The van der Waals surface area contributed by atoms with E-state index in [4.69, 9.17) is 4.74 Å². The number of aryl methyl sites for hydroxylation is 1. The van der Waals surface area contributed by atoms with Gasteiger partial charge in [0.15, 0.2) is 11.6 Å². The summed E-state index contributed by atoms with van der Waals surface area (Å²) in [5, 5.41) is 0. The van der Waals surface area contributed by atoms with Gasteiger partial charge in [0.25, 0.3) is 0 Å². The summed E-state index contributed by atoms with van der Waals surface area (Å²) in [4.78, 5) is 0. The number of sulfonamides is 1. The number of hydrogen-bond donors (Lipinski definition) is 1. The fourth-order valence-corrected chi connectivity index (χ4v) is 3.05. The molecule has 0 aliphatic carbocycles. The fraction of sp³-hybridized carbons (Fsp3) is 0.222. The van der Waals surface area contributed by atoms with Crippen LogP contribution in [0.15, 0.2) is 42.5 Å². The second-order valence-corrected chi connectivity index (χ2v) is 7.09. The van der Waals surface area contributed by atoms with Crippen molar-refractivity contribution >= 4 is 10.0 Å². The minimum absolute atomic E-state index is 0.0800. The van der Waals surface area contributed by atoms with Crippen molar-refractivity contribution < 1.29 is 21.9 Å². The van der Waals surface area contributed by atoms with E-state index in [1.54, 1.807) is 18.2 Å². The van der Waals surface area contributed by atoms with Crippen LogP contribution in [0.25, 0.3) is 0 Å². The molecule has 0 aromatic heterocycles. The lowest BCUT2D eigenvalue weighted by Gasteiger charge is -2.05. The SMILES string of the molecule is Cc1cccc(CS(=O)(=O)NCC#CCOc2ccc(F)cc2F)c1. The molecule has 132 valence electrons. The van der Waals surface area contributed by atoms with E-state index in [1.165, 1.54) is 0 Å². The zero-order valence-corrected chi connectivity index (χ0v) is 14.4. The molecule has 0 radical (unpaired) electrons. The lowest BCUT2D eigenvalue weighted by Crippen LogP contribution is -2.25. The Kier molecular flexibility index (Phi) is 6.51. The summed E-state index contributed by atoms with van der Waals surface area (Å²) in [6, 6.07) is 10.2. The first kappa shape index (κ1) is 18.9. The first-order valence-electron chi connectivity index (χ1n) is 7.42. The second-order valence-electron chi connectivity index (χ2n) is 5.29. The Morgan fingerprint density at radius 3 is 2.64 bits per heavy atom. The average Bonchev–Trinajstić information content (AvgIpc) is 2.52. The van der Waals surface area contributed by atoms with Crippen molar-refractivity contribution in [2.24, 2.45) is 0 Å². The lowest BCUT2D eigenvalue weighted by molar-refractivity contribution is 0.346. The molecule has 0 saturated heterocycles. The highest BCUT2D eigenvalue weighted by Crippen LogP contribution is 2.17. The van der Waals surface area contributed by atoms with Crippen molar-refractivity contribution in [3.05, 3.63) is 65.2 Å². The van der Waals surface area contributed by atoms with Gasteiger partial charge < -0.3 is 4.74 Å². The van der Waals surface area contributed by atoms with Crippen LogP contribution in [-0.2, 0) is 15.8 Å². The van der Waals surface area contributed by atoms with Crippen LogP contribution in [0.3, 0.4) is 0 Å². The molecule has 0 fully saturated rings. The molecule has 0 unspecified atom stereocenters. The van der Waals surface area contributed by atoms with Crippen LogP contribution in [0, 0.1) is 30.4 Å². The molecule has 0 atom stereocenters. The van der Waals surface area contributed by atoms with Gasteiger partial charge in [0.05, 0.1) is 12.3 Å². The fourth-order valence-electron chi connectivity index (χ4n) is 2.04. The first-order chi connectivity index (χ1) is 11.9. The molecule has 2 rings (SSSR count). The van der Waals surface area contributed by atoms with Crippen molar-refractivity contribution in [3.63, 3.8) is 0 Å². The molecule has 2 aromatic rings. The Bertz CT molecular complexity index is 902. The summed E-state index contributed by atoms with van der Waals surface area (Å²) >= 11 is 0. The Morgan fingerprint density at radius 2 is 1.92 bits per heavy atom. The van der Waals surface area contributed by atoms with E-state index < -0.39 is 21.7 Å². The molecule has 25 heavy (non-hydrogen) atoms. The molecule has 0 aliphatic heterocycles. The number of halogens is 2. The van der Waals surface area contributed by atoms with Gasteiger partial charge in [0.1, 0.15) is 12.4 Å². The number of rotatable bonds is 6. The van der Waals surface area contributed by atoms with E-state index in [0.717, 1.165) is 17.7 Å². The Labute approximate surface area is 145 Å². The molecule has 7 heteroatoms. The van der Waals surface area contributed by atoms with E-state index >= 15 is 0 Å². The molecule has 1 N–H and O–H groups in total. The maximum Gasteiger partial charge on any atom is 0.216 e. The molecule has 0 bridgehead atoms. The standard InChI is InChI=1S/C18H17F2NO3S/c1-14-5-4-6-15(11-14)13-25(22,23)21-9-2-3-10-24-18-8-7-16(19)12-17(18)20/h4-8,11-12,21H,9-10,13H2,1H3. The van der Waals surface area contributed by atoms with Gasteiger partial charge in [-0.05, 0) is 24.6 Å². The molecule has 2 aromatic carbocycles. The predicted octanol–water partition coefficient (Wildman–Crippen LogP) is 2.78. The molecule has 4 nitrogen and oxygen atoms in total. The van der Waals surface area contributed by atoms with Crippen LogP contribution in [-0.4, -0.2) is 21.6 Å². The minimum atomic E-state index is -3.50. The molecule has 0 spiro atoms. The highest BCUT2D eigenvalue weighted by molar-refractivity contribution is 7.88. The lowest BCUT2D eigenvalue weighted by atomic mass is 10.2. The number of nitrogens with one attached hydrogen (secondary N) is 1. The maximum absolute atomic E-state index is 13.3. The van der Waals surface area contributed by atoms with Gasteiger partial charge in [0, 0.05) is 6.07 Å². The van der Waals surface area contributed by atoms with Crippen LogP contribution < -0.4 is 9.46 Å². The zero-order valence-electron chi connectivity index (χ0n) is 13.6. The average molecular weight is 365 g/mol. The normalized spacial score (nSPS) is 10.8. The van der Waals surface area contributed by atoms with Gasteiger partial charge >= 0.3 is 0 Å². The smallest absolute Gasteiger partial charge is 0.216 e. The molecule has 0 amide bonds. The third-order valence-electron chi connectivity index (χ3n) is 3.14. The summed E-state index contributed by atoms with van der Waals surface area (Å²) in [5.74, 6) is 3.38. The van der Waals surface area contributed by atoms with Gasteiger partial charge in [0.2, 0.25) is 10.0 Å². The van der Waals surface area contributed by atoms with Crippen molar-refractivity contribution in [3.8, 4) is 17.6 Å². The van der Waals surface area contributed by atoms with E-state index in [2.05, 4.69) is 16.6 Å². The molecule has 0 aliphatic rings. The predicted molar refractivity (Wildman–Crippen MR) is 91.4 cm³/mol. The van der Waals surface area contributed by atoms with Gasteiger partial charge in [-0.15, -0.1) is 0 Å². The number of benzene rings is 2.